The average Bonchev–Trinajstić information content (AvgIpc) is 3.00. The number of nitro benzene ring substituents is 1. The molecule has 0 unspecified atom stereocenters. The summed E-state index contributed by atoms with van der Waals surface area (Å²) < 4.78 is 0. The van der Waals surface area contributed by atoms with E-state index in [0.29, 0.717) is 0 Å². The molecule has 0 aromatic heterocycles. The molecule has 1 saturated carbocycles. The van der Waals surface area contributed by atoms with Gasteiger partial charge in [0.25, 0.3) is 5.69 Å². The molecule has 0 spiro atoms. The van der Waals surface area contributed by atoms with Crippen molar-refractivity contribution in [2.24, 2.45) is 5.92 Å². The van der Waals surface area contributed by atoms with Gasteiger partial charge in [-0.15, -0.1) is 0 Å². The number of benzene rings is 1. The van der Waals surface area contributed by atoms with Crippen LogP contribution in [0.3, 0.4) is 0 Å². The first-order valence-electron chi connectivity index (χ1n) is 5.33. The normalized spacial score (nSPS) is 14.8. The van der Waals surface area contributed by atoms with Crippen LogP contribution in [-0.2, 0) is 0 Å². The van der Waals surface area contributed by atoms with Crippen LogP contribution < -0.4 is 10.6 Å². The summed E-state index contributed by atoms with van der Waals surface area (Å²) >= 11 is 0. The van der Waals surface area contributed by atoms with Gasteiger partial charge < -0.3 is 10.6 Å². The summed E-state index contributed by atoms with van der Waals surface area (Å²) in [6.07, 6.45) is 2.57. The second-order valence-electron chi connectivity index (χ2n) is 4.32. The summed E-state index contributed by atoms with van der Waals surface area (Å²) in [7, 11) is 1.99. The molecule has 1 fully saturated rings. The number of rotatable bonds is 4. The molecule has 1 aliphatic carbocycles. The van der Waals surface area contributed by atoms with Crippen molar-refractivity contribution in [2.75, 3.05) is 24.2 Å². The van der Waals surface area contributed by atoms with Crippen molar-refractivity contribution in [3.63, 3.8) is 0 Å². The molecule has 1 aliphatic rings. The number of hydrogen-bond donors (Lipinski definition) is 1. The highest BCUT2D eigenvalue weighted by atomic mass is 16.6. The molecule has 1 aromatic carbocycles. The van der Waals surface area contributed by atoms with Gasteiger partial charge in [0.05, 0.1) is 4.92 Å². The molecule has 5 heteroatoms. The molecule has 0 bridgehead atoms. The van der Waals surface area contributed by atoms with E-state index in [9.17, 15) is 10.1 Å². The maximum absolute atomic E-state index is 10.6. The van der Waals surface area contributed by atoms with Crippen molar-refractivity contribution in [3.8, 4) is 0 Å². The van der Waals surface area contributed by atoms with Gasteiger partial charge in [0.2, 0.25) is 0 Å². The number of nitro groups is 1. The van der Waals surface area contributed by atoms with Gasteiger partial charge in [-0.25, -0.2) is 0 Å². The summed E-state index contributed by atoms with van der Waals surface area (Å²) in [5.74, 6) is 0.779. The Bertz CT molecular complexity index is 416. The number of nitrogens with zero attached hydrogens (tertiary/aromatic N) is 2. The van der Waals surface area contributed by atoms with E-state index in [4.69, 9.17) is 5.73 Å². The monoisotopic (exact) mass is 221 g/mol. The van der Waals surface area contributed by atoms with Crippen molar-refractivity contribution in [1.82, 2.24) is 0 Å². The van der Waals surface area contributed by atoms with Crippen molar-refractivity contribution < 1.29 is 4.92 Å². The highest BCUT2D eigenvalue weighted by molar-refractivity contribution is 5.66. The van der Waals surface area contributed by atoms with Crippen LogP contribution in [0.2, 0.25) is 0 Å². The van der Waals surface area contributed by atoms with Crippen molar-refractivity contribution >= 4 is 17.1 Å². The fourth-order valence-electron chi connectivity index (χ4n) is 1.74. The molecule has 0 amide bonds. The number of anilines is 2. The van der Waals surface area contributed by atoms with Crippen LogP contribution in [0.15, 0.2) is 18.2 Å². The molecular weight excluding hydrogens is 206 g/mol. The Morgan fingerprint density at radius 1 is 1.56 bits per heavy atom. The van der Waals surface area contributed by atoms with Crippen LogP contribution in [0.4, 0.5) is 17.1 Å². The van der Waals surface area contributed by atoms with Gasteiger partial charge in [-0.05, 0) is 30.9 Å². The standard InChI is InChI=1S/C11H15N3O2/c1-13(7-8-2-3-8)9-4-5-11(14(15)16)10(12)6-9/h4-6,8H,2-3,7,12H2,1H3. The zero-order valence-electron chi connectivity index (χ0n) is 9.22. The summed E-state index contributed by atoms with van der Waals surface area (Å²) in [5, 5.41) is 10.6. The highest BCUT2D eigenvalue weighted by Gasteiger charge is 2.23. The van der Waals surface area contributed by atoms with Crippen molar-refractivity contribution in [1.29, 1.82) is 0 Å². The molecule has 16 heavy (non-hydrogen) atoms. The second-order valence-corrected chi connectivity index (χ2v) is 4.32. The van der Waals surface area contributed by atoms with Gasteiger partial charge in [-0.1, -0.05) is 0 Å². The first-order valence-corrected chi connectivity index (χ1v) is 5.33. The van der Waals surface area contributed by atoms with E-state index in [1.807, 2.05) is 7.05 Å². The van der Waals surface area contributed by atoms with E-state index >= 15 is 0 Å². The minimum Gasteiger partial charge on any atom is -0.393 e. The lowest BCUT2D eigenvalue weighted by molar-refractivity contribution is -0.383. The lowest BCUT2D eigenvalue weighted by Gasteiger charge is -2.19. The third-order valence-electron chi connectivity index (χ3n) is 2.88. The summed E-state index contributed by atoms with van der Waals surface area (Å²) in [4.78, 5) is 12.2. The maximum atomic E-state index is 10.6. The van der Waals surface area contributed by atoms with E-state index in [-0.39, 0.29) is 11.4 Å². The predicted molar refractivity (Wildman–Crippen MR) is 63.5 cm³/mol. The first kappa shape index (κ1) is 10.7. The Hall–Kier alpha value is -1.78. The summed E-state index contributed by atoms with van der Waals surface area (Å²) in [6, 6.07) is 4.88. The van der Waals surface area contributed by atoms with Gasteiger partial charge in [-0.2, -0.15) is 0 Å². The first-order chi connectivity index (χ1) is 7.58. The number of nitrogens with two attached hydrogens (primary N) is 1. The van der Waals surface area contributed by atoms with E-state index in [1.54, 1.807) is 12.1 Å². The maximum Gasteiger partial charge on any atom is 0.292 e. The summed E-state index contributed by atoms with van der Waals surface area (Å²) in [6.45, 7) is 0.997. The van der Waals surface area contributed by atoms with Crippen LogP contribution in [0.1, 0.15) is 12.8 Å². The van der Waals surface area contributed by atoms with Crippen LogP contribution >= 0.6 is 0 Å². The van der Waals surface area contributed by atoms with E-state index < -0.39 is 4.92 Å². The topological polar surface area (TPSA) is 72.4 Å². The lowest BCUT2D eigenvalue weighted by Crippen LogP contribution is -2.20. The molecule has 1 aromatic rings. The molecule has 0 aliphatic heterocycles. The van der Waals surface area contributed by atoms with E-state index in [2.05, 4.69) is 4.90 Å². The van der Waals surface area contributed by atoms with Gasteiger partial charge >= 0.3 is 0 Å². The molecule has 86 valence electrons. The fourth-order valence-corrected chi connectivity index (χ4v) is 1.74. The molecule has 2 rings (SSSR count). The Kier molecular flexibility index (Phi) is 2.68. The number of nitrogen functional groups attached to an aromatic ring is 1. The molecular formula is C11H15N3O2. The van der Waals surface area contributed by atoms with Gasteiger partial charge in [0.15, 0.2) is 0 Å². The molecule has 0 atom stereocenters. The highest BCUT2D eigenvalue weighted by Crippen LogP contribution is 2.32. The van der Waals surface area contributed by atoms with Crippen LogP contribution in [-0.4, -0.2) is 18.5 Å². The quantitative estimate of drug-likeness (QED) is 0.479. The number of hydrogen-bond acceptors (Lipinski definition) is 4. The zero-order valence-corrected chi connectivity index (χ0v) is 9.22. The lowest BCUT2D eigenvalue weighted by atomic mass is 10.2. The van der Waals surface area contributed by atoms with Gasteiger partial charge in [0.1, 0.15) is 5.69 Å². The molecule has 0 heterocycles. The third-order valence-corrected chi connectivity index (χ3v) is 2.88. The Morgan fingerprint density at radius 3 is 2.75 bits per heavy atom. The summed E-state index contributed by atoms with van der Waals surface area (Å²) in [5.41, 5.74) is 6.78. The SMILES string of the molecule is CN(CC1CC1)c1ccc([N+](=O)[O-])c(N)c1. The molecule has 0 saturated heterocycles. The molecule has 2 N–H and O–H groups in total. The molecule has 5 nitrogen and oxygen atoms in total. The van der Waals surface area contributed by atoms with Crippen LogP contribution in [0.25, 0.3) is 0 Å². The fraction of sp³-hybridized carbons (Fsp3) is 0.455. The van der Waals surface area contributed by atoms with Crippen LogP contribution in [0.5, 0.6) is 0 Å². The Labute approximate surface area is 94.0 Å². The van der Waals surface area contributed by atoms with E-state index in [1.165, 1.54) is 18.9 Å². The van der Waals surface area contributed by atoms with Crippen molar-refractivity contribution in [3.05, 3.63) is 28.3 Å². The van der Waals surface area contributed by atoms with Crippen molar-refractivity contribution in [2.45, 2.75) is 12.8 Å². The molecule has 0 radical (unpaired) electrons. The van der Waals surface area contributed by atoms with E-state index in [0.717, 1.165) is 18.2 Å². The Morgan fingerprint density at radius 2 is 2.25 bits per heavy atom. The third kappa shape index (κ3) is 2.24. The van der Waals surface area contributed by atoms with Crippen LogP contribution in [0, 0.1) is 16.0 Å². The predicted octanol–water partition coefficient (Wildman–Crippen LogP) is 2.02. The van der Waals surface area contributed by atoms with Gasteiger partial charge in [-0.3, -0.25) is 10.1 Å². The minimum atomic E-state index is -0.458. The average molecular weight is 221 g/mol. The van der Waals surface area contributed by atoms with Gasteiger partial charge in [0, 0.05) is 25.3 Å². The minimum absolute atomic E-state index is 0.0245. The Balaban J connectivity index is 2.15. The smallest absolute Gasteiger partial charge is 0.292 e. The zero-order chi connectivity index (χ0) is 11.7. The second kappa shape index (κ2) is 4.00. The largest absolute Gasteiger partial charge is 0.393 e.